The van der Waals surface area contributed by atoms with Crippen LogP contribution in [0.4, 0.5) is 0 Å². The summed E-state index contributed by atoms with van der Waals surface area (Å²) in [6.45, 7) is 1.62. The summed E-state index contributed by atoms with van der Waals surface area (Å²) in [5.74, 6) is 0. The highest BCUT2D eigenvalue weighted by Crippen LogP contribution is 2.26. The summed E-state index contributed by atoms with van der Waals surface area (Å²) in [5.41, 5.74) is 4.48. The number of benzene rings is 2. The summed E-state index contributed by atoms with van der Waals surface area (Å²) in [5, 5.41) is 14.0. The minimum Gasteiger partial charge on any atom is -0.305 e. The first-order valence-corrected chi connectivity index (χ1v) is 9.99. The maximum Gasteiger partial charge on any atom is 0.117 e. The normalized spacial score (nSPS) is 11.0. The van der Waals surface area contributed by atoms with Gasteiger partial charge in [-0.2, -0.15) is 15.0 Å². The predicted octanol–water partition coefficient (Wildman–Crippen LogP) is 4.99. The van der Waals surface area contributed by atoms with E-state index in [4.69, 9.17) is 33.4 Å². The number of aromatic nitrogens is 4. The number of hydrogen-bond donors (Lipinski definition) is 1. The van der Waals surface area contributed by atoms with Gasteiger partial charge in [-0.3, -0.25) is 4.98 Å². The molecule has 2 aromatic heterocycles. The van der Waals surface area contributed by atoms with Crippen LogP contribution in [0, 0.1) is 0 Å². The van der Waals surface area contributed by atoms with E-state index < -0.39 is 0 Å². The number of halogens is 2. The average Bonchev–Trinajstić information content (AvgIpc) is 3.15. The van der Waals surface area contributed by atoms with Gasteiger partial charge in [0.15, 0.2) is 0 Å². The molecule has 0 atom stereocenters. The van der Waals surface area contributed by atoms with Crippen LogP contribution in [-0.4, -0.2) is 20.0 Å². The van der Waals surface area contributed by atoms with Crippen molar-refractivity contribution in [2.45, 2.75) is 19.6 Å². The molecular formula is C22H19Cl2N5. The molecule has 0 unspecified atom stereocenters. The van der Waals surface area contributed by atoms with E-state index in [0.29, 0.717) is 29.7 Å². The lowest BCUT2D eigenvalue weighted by Crippen LogP contribution is -2.15. The highest BCUT2D eigenvalue weighted by Gasteiger charge is 2.15. The molecule has 0 spiro atoms. The van der Waals surface area contributed by atoms with Crippen molar-refractivity contribution in [3.8, 4) is 11.3 Å². The van der Waals surface area contributed by atoms with Gasteiger partial charge in [0.2, 0.25) is 0 Å². The van der Waals surface area contributed by atoms with Crippen molar-refractivity contribution in [1.82, 2.24) is 25.3 Å². The molecule has 0 aliphatic carbocycles. The highest BCUT2D eigenvalue weighted by atomic mass is 35.5. The van der Waals surface area contributed by atoms with Crippen LogP contribution < -0.4 is 5.32 Å². The van der Waals surface area contributed by atoms with Crippen LogP contribution >= 0.6 is 23.2 Å². The maximum absolute atomic E-state index is 6.32. The van der Waals surface area contributed by atoms with Gasteiger partial charge >= 0.3 is 0 Å². The summed E-state index contributed by atoms with van der Waals surface area (Å²) in [7, 11) is 0. The lowest BCUT2D eigenvalue weighted by atomic mass is 10.1. The smallest absolute Gasteiger partial charge is 0.117 e. The van der Waals surface area contributed by atoms with Gasteiger partial charge in [-0.05, 0) is 24.3 Å². The average molecular weight is 424 g/mol. The quantitative estimate of drug-likeness (QED) is 0.455. The number of pyridine rings is 1. The number of hydrogen-bond acceptors (Lipinski definition) is 4. The Balaban J connectivity index is 1.59. The molecule has 2 aromatic carbocycles. The molecule has 0 amide bonds. The molecule has 0 saturated carbocycles. The second-order valence-electron chi connectivity index (χ2n) is 6.52. The van der Waals surface area contributed by atoms with Crippen molar-refractivity contribution in [2.24, 2.45) is 0 Å². The van der Waals surface area contributed by atoms with Crippen LogP contribution in [0.3, 0.4) is 0 Å². The topological polar surface area (TPSA) is 55.6 Å². The summed E-state index contributed by atoms with van der Waals surface area (Å²) in [6, 6.07) is 21.3. The maximum atomic E-state index is 6.32. The zero-order chi connectivity index (χ0) is 20.1. The van der Waals surface area contributed by atoms with E-state index in [1.54, 1.807) is 11.0 Å². The Morgan fingerprint density at radius 2 is 1.55 bits per heavy atom. The minimum absolute atomic E-state index is 0.401. The molecule has 7 heteroatoms. The molecule has 0 fully saturated rings. The Hall–Kier alpha value is -2.73. The monoisotopic (exact) mass is 423 g/mol. The molecule has 0 bridgehead atoms. The van der Waals surface area contributed by atoms with Crippen molar-refractivity contribution in [3.05, 3.63) is 99.9 Å². The Morgan fingerprint density at radius 1 is 0.793 bits per heavy atom. The van der Waals surface area contributed by atoms with Crippen LogP contribution in [-0.2, 0) is 19.6 Å². The van der Waals surface area contributed by atoms with Crippen molar-refractivity contribution in [3.63, 3.8) is 0 Å². The van der Waals surface area contributed by atoms with Gasteiger partial charge in [0.1, 0.15) is 11.4 Å². The van der Waals surface area contributed by atoms with E-state index in [1.807, 2.05) is 66.7 Å². The molecule has 29 heavy (non-hydrogen) atoms. The molecular weight excluding hydrogens is 405 g/mol. The molecule has 0 aliphatic rings. The van der Waals surface area contributed by atoms with Crippen molar-refractivity contribution >= 4 is 23.2 Å². The van der Waals surface area contributed by atoms with Gasteiger partial charge in [-0.1, -0.05) is 65.7 Å². The Kier molecular flexibility index (Phi) is 6.20. The molecule has 146 valence electrons. The molecule has 2 heterocycles. The van der Waals surface area contributed by atoms with Crippen molar-refractivity contribution in [2.75, 3.05) is 0 Å². The Bertz CT molecular complexity index is 1060. The predicted molar refractivity (Wildman–Crippen MR) is 116 cm³/mol. The largest absolute Gasteiger partial charge is 0.305 e. The van der Waals surface area contributed by atoms with Crippen LogP contribution in [0.5, 0.6) is 0 Å². The van der Waals surface area contributed by atoms with Crippen LogP contribution in [0.25, 0.3) is 11.3 Å². The fraction of sp³-hybridized carbons (Fsp3) is 0.136. The van der Waals surface area contributed by atoms with E-state index in [0.717, 1.165) is 28.2 Å². The van der Waals surface area contributed by atoms with Crippen LogP contribution in [0.2, 0.25) is 10.0 Å². The second kappa shape index (κ2) is 9.18. The first-order chi connectivity index (χ1) is 14.2. The van der Waals surface area contributed by atoms with E-state index in [2.05, 4.69) is 10.3 Å². The Morgan fingerprint density at radius 3 is 2.28 bits per heavy atom. The minimum atomic E-state index is 0.401. The lowest BCUT2D eigenvalue weighted by Gasteiger charge is -2.05. The van der Waals surface area contributed by atoms with Gasteiger partial charge in [0, 0.05) is 40.5 Å². The van der Waals surface area contributed by atoms with Gasteiger partial charge in [-0.25, -0.2) is 0 Å². The summed E-state index contributed by atoms with van der Waals surface area (Å²) < 4.78 is 0. The van der Waals surface area contributed by atoms with Crippen molar-refractivity contribution < 1.29 is 0 Å². The zero-order valence-corrected chi connectivity index (χ0v) is 17.1. The van der Waals surface area contributed by atoms with Crippen molar-refractivity contribution in [1.29, 1.82) is 0 Å². The second-order valence-corrected chi connectivity index (χ2v) is 7.33. The van der Waals surface area contributed by atoms with E-state index in [-0.39, 0.29) is 0 Å². The van der Waals surface area contributed by atoms with E-state index >= 15 is 0 Å². The fourth-order valence-electron chi connectivity index (χ4n) is 3.03. The molecule has 0 aliphatic heterocycles. The molecule has 0 saturated heterocycles. The van der Waals surface area contributed by atoms with Gasteiger partial charge in [-0.15, -0.1) is 0 Å². The zero-order valence-electron chi connectivity index (χ0n) is 15.6. The third-order valence-corrected chi connectivity index (χ3v) is 5.17. The van der Waals surface area contributed by atoms with Crippen LogP contribution in [0.15, 0.2) is 72.9 Å². The SMILES string of the molecule is Clc1cccc(Cl)c1Cn1nc(CNCc2ccccn2)c(-c2ccccc2)n1. The number of rotatable bonds is 7. The number of nitrogens with one attached hydrogen (secondary N) is 1. The lowest BCUT2D eigenvalue weighted by molar-refractivity contribution is 0.576. The number of nitrogens with zero attached hydrogens (tertiary/aromatic N) is 4. The summed E-state index contributed by atoms with van der Waals surface area (Å²) >= 11 is 12.6. The highest BCUT2D eigenvalue weighted by molar-refractivity contribution is 6.35. The molecule has 4 aromatic rings. The molecule has 5 nitrogen and oxygen atoms in total. The summed E-state index contributed by atoms with van der Waals surface area (Å²) in [4.78, 5) is 5.98. The fourth-order valence-corrected chi connectivity index (χ4v) is 3.55. The van der Waals surface area contributed by atoms with E-state index in [9.17, 15) is 0 Å². The standard InChI is InChI=1S/C22H19Cl2N5/c23-19-10-6-11-20(24)18(19)15-29-27-21(14-25-13-17-9-4-5-12-26-17)22(28-29)16-7-2-1-3-8-16/h1-12,25H,13-15H2. The van der Waals surface area contributed by atoms with E-state index in [1.165, 1.54) is 0 Å². The third-order valence-electron chi connectivity index (χ3n) is 4.46. The van der Waals surface area contributed by atoms with Crippen LogP contribution in [0.1, 0.15) is 17.0 Å². The Labute approximate surface area is 179 Å². The first-order valence-electron chi connectivity index (χ1n) is 9.23. The molecule has 4 rings (SSSR count). The molecule has 0 radical (unpaired) electrons. The van der Waals surface area contributed by atoms with Gasteiger partial charge in [0.05, 0.1) is 12.2 Å². The molecule has 1 N–H and O–H groups in total. The summed E-state index contributed by atoms with van der Waals surface area (Å²) in [6.07, 6.45) is 1.79. The van der Waals surface area contributed by atoms with Gasteiger partial charge < -0.3 is 5.32 Å². The van der Waals surface area contributed by atoms with Gasteiger partial charge in [0.25, 0.3) is 0 Å². The third kappa shape index (κ3) is 4.82. The first kappa shape index (κ1) is 19.6.